The minimum atomic E-state index is -0.562. The summed E-state index contributed by atoms with van der Waals surface area (Å²) in [5.41, 5.74) is 1.62. The number of esters is 1. The summed E-state index contributed by atoms with van der Waals surface area (Å²) < 4.78 is 6.53. The highest BCUT2D eigenvalue weighted by Crippen LogP contribution is 2.27. The summed E-state index contributed by atoms with van der Waals surface area (Å²) in [6.45, 7) is 1.34. The predicted molar refractivity (Wildman–Crippen MR) is 101 cm³/mol. The molecule has 0 saturated carbocycles. The first-order valence-corrected chi connectivity index (χ1v) is 8.91. The maximum Gasteiger partial charge on any atom is 0.339 e. The molecule has 0 radical (unpaired) electrons. The molecule has 3 aromatic heterocycles. The van der Waals surface area contributed by atoms with Crippen LogP contribution in [0.2, 0.25) is 0 Å². The first-order chi connectivity index (χ1) is 13.6. The molecular formula is C19H18N6O3. The van der Waals surface area contributed by atoms with Crippen LogP contribution in [-0.2, 0) is 4.74 Å². The van der Waals surface area contributed by atoms with Gasteiger partial charge in [0.25, 0.3) is 0 Å². The van der Waals surface area contributed by atoms with Gasteiger partial charge in [0.2, 0.25) is 0 Å². The van der Waals surface area contributed by atoms with Gasteiger partial charge in [0.1, 0.15) is 11.9 Å². The number of H-pyrrole nitrogens is 1. The van der Waals surface area contributed by atoms with Crippen molar-refractivity contribution < 1.29 is 9.53 Å². The van der Waals surface area contributed by atoms with Crippen LogP contribution in [0.1, 0.15) is 34.8 Å². The smallest absolute Gasteiger partial charge is 0.339 e. The second kappa shape index (κ2) is 7.15. The summed E-state index contributed by atoms with van der Waals surface area (Å²) in [5.74, 6) is 0.0544. The van der Waals surface area contributed by atoms with E-state index in [2.05, 4.69) is 15.0 Å². The van der Waals surface area contributed by atoms with Crippen LogP contribution in [0.4, 0.5) is 5.82 Å². The number of fused-ring (bicyclic) bond motifs is 1. The van der Waals surface area contributed by atoms with Crippen LogP contribution >= 0.6 is 0 Å². The number of carbonyl (C=O) groups excluding carboxylic acids is 1. The standard InChI is InChI=1S/C19H18N6O3/c1-28-18(26)14-9-16(22-11-12(14)10-20)24-7-4-13(5-8-24)25-15-3-2-6-21-17(15)23-19(25)27/h2-3,6,9,11,13H,4-5,7-8H2,1H3,(H,21,23,27). The molecule has 0 aromatic carbocycles. The van der Waals surface area contributed by atoms with Gasteiger partial charge in [-0.2, -0.15) is 5.26 Å². The lowest BCUT2D eigenvalue weighted by atomic mass is 10.0. The zero-order valence-corrected chi connectivity index (χ0v) is 15.3. The molecule has 0 amide bonds. The van der Waals surface area contributed by atoms with Gasteiger partial charge in [0.15, 0.2) is 5.65 Å². The van der Waals surface area contributed by atoms with E-state index in [9.17, 15) is 9.59 Å². The number of carbonyl (C=O) groups is 1. The predicted octanol–water partition coefficient (Wildman–Crippen LogP) is 1.62. The topological polar surface area (TPSA) is 117 Å². The zero-order valence-electron chi connectivity index (χ0n) is 15.3. The van der Waals surface area contributed by atoms with Gasteiger partial charge < -0.3 is 9.64 Å². The Bertz CT molecular complexity index is 1130. The van der Waals surface area contributed by atoms with Crippen molar-refractivity contribution in [2.24, 2.45) is 0 Å². The van der Waals surface area contributed by atoms with Gasteiger partial charge in [0.05, 0.1) is 23.8 Å². The molecule has 1 fully saturated rings. The molecule has 142 valence electrons. The van der Waals surface area contributed by atoms with E-state index in [0.29, 0.717) is 24.6 Å². The molecule has 3 aromatic rings. The summed E-state index contributed by atoms with van der Waals surface area (Å²) in [6.07, 6.45) is 4.54. The van der Waals surface area contributed by atoms with Gasteiger partial charge in [-0.25, -0.2) is 19.6 Å². The lowest BCUT2D eigenvalue weighted by Crippen LogP contribution is -2.37. The molecule has 28 heavy (non-hydrogen) atoms. The van der Waals surface area contributed by atoms with Crippen molar-refractivity contribution >= 4 is 23.0 Å². The number of aromatic nitrogens is 4. The Morgan fingerprint density at radius 1 is 1.36 bits per heavy atom. The van der Waals surface area contributed by atoms with E-state index in [1.54, 1.807) is 16.8 Å². The van der Waals surface area contributed by atoms with Gasteiger partial charge in [-0.15, -0.1) is 0 Å². The molecule has 0 atom stereocenters. The van der Waals surface area contributed by atoms with Crippen molar-refractivity contribution in [2.75, 3.05) is 25.1 Å². The SMILES string of the molecule is COC(=O)c1cc(N2CCC(n3c(=O)[nH]c4ncccc43)CC2)ncc1C#N. The largest absolute Gasteiger partial charge is 0.465 e. The van der Waals surface area contributed by atoms with Gasteiger partial charge in [-0.1, -0.05) is 0 Å². The average molecular weight is 378 g/mol. The Morgan fingerprint density at radius 3 is 2.86 bits per heavy atom. The number of nitriles is 1. The third-order valence-corrected chi connectivity index (χ3v) is 5.06. The van der Waals surface area contributed by atoms with Crippen LogP contribution < -0.4 is 10.6 Å². The summed E-state index contributed by atoms with van der Waals surface area (Å²) in [7, 11) is 1.28. The maximum absolute atomic E-state index is 12.4. The van der Waals surface area contributed by atoms with Gasteiger partial charge in [-0.3, -0.25) is 9.55 Å². The molecular weight excluding hydrogens is 360 g/mol. The van der Waals surface area contributed by atoms with Crippen molar-refractivity contribution in [1.29, 1.82) is 5.26 Å². The minimum absolute atomic E-state index is 0.0557. The number of nitrogens with one attached hydrogen (secondary N) is 1. The van der Waals surface area contributed by atoms with Crippen LogP contribution in [-0.4, -0.2) is 45.7 Å². The quantitative estimate of drug-likeness (QED) is 0.688. The Hall–Kier alpha value is -3.67. The van der Waals surface area contributed by atoms with Crippen LogP contribution in [0, 0.1) is 11.3 Å². The monoisotopic (exact) mass is 378 g/mol. The lowest BCUT2D eigenvalue weighted by molar-refractivity contribution is 0.0600. The Kier molecular flexibility index (Phi) is 4.53. The summed E-state index contributed by atoms with van der Waals surface area (Å²) in [4.78, 5) is 37.7. The van der Waals surface area contributed by atoms with Crippen molar-refractivity contribution in [3.8, 4) is 6.07 Å². The Morgan fingerprint density at radius 2 is 2.14 bits per heavy atom. The van der Waals surface area contributed by atoms with E-state index in [1.807, 2.05) is 23.1 Å². The summed E-state index contributed by atoms with van der Waals surface area (Å²) in [6, 6.07) is 7.31. The molecule has 0 unspecified atom stereocenters. The number of methoxy groups -OCH3 is 1. The molecule has 0 spiro atoms. The molecule has 1 N–H and O–H groups in total. The molecule has 0 aliphatic carbocycles. The number of pyridine rings is 2. The summed E-state index contributed by atoms with van der Waals surface area (Å²) in [5, 5.41) is 9.17. The molecule has 1 aliphatic rings. The fourth-order valence-corrected chi connectivity index (χ4v) is 3.66. The number of piperidine rings is 1. The van der Waals surface area contributed by atoms with Crippen molar-refractivity contribution in [2.45, 2.75) is 18.9 Å². The average Bonchev–Trinajstić information content (AvgIpc) is 3.08. The van der Waals surface area contributed by atoms with E-state index in [0.717, 1.165) is 18.4 Å². The fraction of sp³-hybridized carbons (Fsp3) is 0.316. The van der Waals surface area contributed by atoms with E-state index < -0.39 is 5.97 Å². The number of hydrogen-bond donors (Lipinski definition) is 1. The first-order valence-electron chi connectivity index (χ1n) is 8.91. The number of rotatable bonds is 3. The summed E-state index contributed by atoms with van der Waals surface area (Å²) >= 11 is 0. The number of aromatic amines is 1. The molecule has 9 heteroatoms. The number of hydrogen-bond acceptors (Lipinski definition) is 7. The van der Waals surface area contributed by atoms with Crippen LogP contribution in [0.25, 0.3) is 11.2 Å². The van der Waals surface area contributed by atoms with Crippen molar-refractivity contribution in [1.82, 2.24) is 19.5 Å². The van der Waals surface area contributed by atoms with E-state index in [-0.39, 0.29) is 22.9 Å². The number of nitrogens with zero attached hydrogens (tertiary/aromatic N) is 5. The van der Waals surface area contributed by atoms with Crippen LogP contribution in [0.15, 0.2) is 35.4 Å². The van der Waals surface area contributed by atoms with Gasteiger partial charge in [0, 0.05) is 31.5 Å². The second-order valence-corrected chi connectivity index (χ2v) is 6.58. The Labute approximate surface area is 160 Å². The third-order valence-electron chi connectivity index (χ3n) is 5.06. The van der Waals surface area contributed by atoms with Crippen LogP contribution in [0.3, 0.4) is 0 Å². The fourth-order valence-electron chi connectivity index (χ4n) is 3.66. The highest BCUT2D eigenvalue weighted by atomic mass is 16.5. The number of anilines is 1. The zero-order chi connectivity index (χ0) is 19.7. The van der Waals surface area contributed by atoms with Crippen molar-refractivity contribution in [3.63, 3.8) is 0 Å². The number of ether oxygens (including phenoxy) is 1. The van der Waals surface area contributed by atoms with E-state index in [1.165, 1.54) is 13.3 Å². The van der Waals surface area contributed by atoms with E-state index in [4.69, 9.17) is 10.00 Å². The highest BCUT2D eigenvalue weighted by Gasteiger charge is 2.25. The normalized spacial score (nSPS) is 14.8. The molecule has 9 nitrogen and oxygen atoms in total. The van der Waals surface area contributed by atoms with E-state index >= 15 is 0 Å². The molecule has 4 heterocycles. The third kappa shape index (κ3) is 2.99. The van der Waals surface area contributed by atoms with Gasteiger partial charge in [-0.05, 0) is 31.0 Å². The highest BCUT2D eigenvalue weighted by molar-refractivity contribution is 5.92. The maximum atomic E-state index is 12.4. The minimum Gasteiger partial charge on any atom is -0.465 e. The number of imidazole rings is 1. The lowest BCUT2D eigenvalue weighted by Gasteiger charge is -2.33. The molecule has 1 aliphatic heterocycles. The molecule has 0 bridgehead atoms. The Balaban J connectivity index is 1.56. The molecule has 4 rings (SSSR count). The van der Waals surface area contributed by atoms with Crippen molar-refractivity contribution in [3.05, 3.63) is 52.2 Å². The molecule has 1 saturated heterocycles. The van der Waals surface area contributed by atoms with Crippen LogP contribution in [0.5, 0.6) is 0 Å². The van der Waals surface area contributed by atoms with Gasteiger partial charge >= 0.3 is 11.7 Å². The second-order valence-electron chi connectivity index (χ2n) is 6.58. The first kappa shape index (κ1) is 17.7.